The van der Waals surface area contributed by atoms with Gasteiger partial charge < -0.3 is 15.7 Å². The molecule has 1 aliphatic carbocycles. The van der Waals surface area contributed by atoms with Crippen LogP contribution < -0.4 is 10.6 Å². The molecule has 1 aliphatic rings. The number of aliphatic hydroxyl groups is 1. The van der Waals surface area contributed by atoms with Gasteiger partial charge in [0.1, 0.15) is 5.82 Å². The highest BCUT2D eigenvalue weighted by Gasteiger charge is 2.19. The van der Waals surface area contributed by atoms with Crippen molar-refractivity contribution in [2.75, 3.05) is 17.2 Å². The maximum absolute atomic E-state index is 9.49. The van der Waals surface area contributed by atoms with Crippen molar-refractivity contribution in [2.24, 2.45) is 5.92 Å². The zero-order chi connectivity index (χ0) is 13.7. The summed E-state index contributed by atoms with van der Waals surface area (Å²) in [6.45, 7) is 5.24. The van der Waals surface area contributed by atoms with Crippen molar-refractivity contribution in [3.63, 3.8) is 0 Å². The summed E-state index contributed by atoms with van der Waals surface area (Å²) < 4.78 is 0. The third kappa shape index (κ3) is 4.67. The maximum Gasteiger partial charge on any atom is 0.224 e. The van der Waals surface area contributed by atoms with Crippen LogP contribution in [0.3, 0.4) is 0 Å². The molecule has 5 nitrogen and oxygen atoms in total. The maximum atomic E-state index is 9.49. The number of hydrogen-bond donors (Lipinski definition) is 3. The van der Waals surface area contributed by atoms with E-state index in [9.17, 15) is 5.11 Å². The molecule has 1 saturated carbocycles. The molecule has 0 atom stereocenters. The first kappa shape index (κ1) is 14.1. The van der Waals surface area contributed by atoms with Gasteiger partial charge in [0.25, 0.3) is 0 Å². The fourth-order valence-corrected chi connectivity index (χ4v) is 2.24. The minimum atomic E-state index is -0.127. The van der Waals surface area contributed by atoms with E-state index in [2.05, 4.69) is 34.4 Å². The standard InChI is InChI=1S/C14H24N4O/c1-10(2)9-16-13-7-8-15-14(18-13)17-11-3-5-12(19)6-4-11/h7-8,10-12,19H,3-6,9H2,1-2H3,(H2,15,16,17,18). The van der Waals surface area contributed by atoms with Crippen LogP contribution in [0.5, 0.6) is 0 Å². The highest BCUT2D eigenvalue weighted by Crippen LogP contribution is 2.21. The molecule has 0 aliphatic heterocycles. The molecule has 0 unspecified atom stereocenters. The summed E-state index contributed by atoms with van der Waals surface area (Å²) in [5.74, 6) is 2.13. The molecule has 1 aromatic heterocycles. The lowest BCUT2D eigenvalue weighted by molar-refractivity contribution is 0.126. The number of aliphatic hydroxyl groups excluding tert-OH is 1. The van der Waals surface area contributed by atoms with Crippen molar-refractivity contribution in [2.45, 2.75) is 51.7 Å². The Hall–Kier alpha value is -1.36. The van der Waals surface area contributed by atoms with Crippen molar-refractivity contribution in [1.29, 1.82) is 0 Å². The van der Waals surface area contributed by atoms with E-state index in [1.165, 1.54) is 0 Å². The molecule has 106 valence electrons. The normalized spacial score (nSPS) is 23.4. The Balaban J connectivity index is 1.88. The minimum absolute atomic E-state index is 0.127. The molecule has 0 radical (unpaired) electrons. The summed E-state index contributed by atoms with van der Waals surface area (Å²) in [6.07, 6.45) is 5.34. The molecule has 0 saturated heterocycles. The Morgan fingerprint density at radius 3 is 2.74 bits per heavy atom. The monoisotopic (exact) mass is 264 g/mol. The second kappa shape index (κ2) is 6.70. The van der Waals surface area contributed by atoms with Gasteiger partial charge in [-0.15, -0.1) is 0 Å². The second-order valence-corrected chi connectivity index (χ2v) is 5.69. The fraction of sp³-hybridized carbons (Fsp3) is 0.714. The van der Waals surface area contributed by atoms with Gasteiger partial charge >= 0.3 is 0 Å². The average Bonchev–Trinajstić information content (AvgIpc) is 2.40. The molecule has 1 fully saturated rings. The third-order valence-corrected chi connectivity index (χ3v) is 3.38. The number of nitrogens with one attached hydrogen (secondary N) is 2. The molecule has 0 bridgehead atoms. The summed E-state index contributed by atoms with van der Waals surface area (Å²) >= 11 is 0. The first-order valence-electron chi connectivity index (χ1n) is 7.15. The Morgan fingerprint density at radius 1 is 1.32 bits per heavy atom. The van der Waals surface area contributed by atoms with Crippen LogP contribution in [0.15, 0.2) is 12.3 Å². The van der Waals surface area contributed by atoms with Crippen molar-refractivity contribution in [3.05, 3.63) is 12.3 Å². The van der Waals surface area contributed by atoms with Crippen molar-refractivity contribution >= 4 is 11.8 Å². The van der Waals surface area contributed by atoms with Crippen LogP contribution in [0.4, 0.5) is 11.8 Å². The largest absolute Gasteiger partial charge is 0.393 e. The fourth-order valence-electron chi connectivity index (χ4n) is 2.24. The van der Waals surface area contributed by atoms with Crippen LogP contribution >= 0.6 is 0 Å². The van der Waals surface area contributed by atoms with Gasteiger partial charge in [0.2, 0.25) is 5.95 Å². The van der Waals surface area contributed by atoms with E-state index in [4.69, 9.17) is 0 Å². The van der Waals surface area contributed by atoms with E-state index < -0.39 is 0 Å². The summed E-state index contributed by atoms with van der Waals surface area (Å²) in [7, 11) is 0. The van der Waals surface area contributed by atoms with E-state index in [1.807, 2.05) is 6.07 Å². The number of hydrogen-bond acceptors (Lipinski definition) is 5. The van der Waals surface area contributed by atoms with Gasteiger partial charge in [0.15, 0.2) is 0 Å². The first-order chi connectivity index (χ1) is 9.13. The molecule has 1 aromatic rings. The van der Waals surface area contributed by atoms with E-state index >= 15 is 0 Å². The number of aromatic nitrogens is 2. The molecule has 1 heterocycles. The highest BCUT2D eigenvalue weighted by molar-refractivity contribution is 5.40. The molecule has 0 amide bonds. The molecule has 0 spiro atoms. The lowest BCUT2D eigenvalue weighted by Gasteiger charge is -2.26. The Morgan fingerprint density at radius 2 is 2.05 bits per heavy atom. The zero-order valence-corrected chi connectivity index (χ0v) is 11.8. The van der Waals surface area contributed by atoms with E-state index in [1.54, 1.807) is 6.20 Å². The van der Waals surface area contributed by atoms with Crippen LogP contribution in [0, 0.1) is 5.92 Å². The summed E-state index contributed by atoms with van der Waals surface area (Å²) in [6, 6.07) is 2.27. The highest BCUT2D eigenvalue weighted by atomic mass is 16.3. The Kier molecular flexibility index (Phi) is 4.96. The predicted octanol–water partition coefficient (Wildman–Crippen LogP) is 2.26. The average molecular weight is 264 g/mol. The van der Waals surface area contributed by atoms with Crippen molar-refractivity contribution < 1.29 is 5.11 Å². The zero-order valence-electron chi connectivity index (χ0n) is 11.8. The number of anilines is 2. The van der Waals surface area contributed by atoms with Gasteiger partial charge in [-0.25, -0.2) is 4.98 Å². The van der Waals surface area contributed by atoms with Gasteiger partial charge in [0.05, 0.1) is 6.10 Å². The number of rotatable bonds is 5. The molecule has 5 heteroatoms. The predicted molar refractivity (Wildman–Crippen MR) is 77.2 cm³/mol. The summed E-state index contributed by atoms with van der Waals surface area (Å²) in [4.78, 5) is 8.72. The van der Waals surface area contributed by atoms with Crippen molar-refractivity contribution in [3.8, 4) is 0 Å². The van der Waals surface area contributed by atoms with Gasteiger partial charge in [-0.1, -0.05) is 13.8 Å². The topological polar surface area (TPSA) is 70.1 Å². The van der Waals surface area contributed by atoms with E-state index in [0.29, 0.717) is 17.9 Å². The van der Waals surface area contributed by atoms with Crippen LogP contribution in [-0.4, -0.2) is 33.8 Å². The third-order valence-electron chi connectivity index (χ3n) is 3.38. The molecule has 0 aromatic carbocycles. The van der Waals surface area contributed by atoms with Gasteiger partial charge in [-0.3, -0.25) is 0 Å². The van der Waals surface area contributed by atoms with E-state index in [-0.39, 0.29) is 6.10 Å². The quantitative estimate of drug-likeness (QED) is 0.761. The smallest absolute Gasteiger partial charge is 0.224 e. The molecular weight excluding hydrogens is 240 g/mol. The van der Waals surface area contributed by atoms with Gasteiger partial charge in [-0.05, 0) is 37.7 Å². The minimum Gasteiger partial charge on any atom is -0.393 e. The summed E-state index contributed by atoms with van der Waals surface area (Å²) in [5.41, 5.74) is 0. The molecular formula is C14H24N4O. The van der Waals surface area contributed by atoms with Crippen LogP contribution in [0.1, 0.15) is 39.5 Å². The number of nitrogens with zero attached hydrogens (tertiary/aromatic N) is 2. The first-order valence-corrected chi connectivity index (χ1v) is 7.15. The SMILES string of the molecule is CC(C)CNc1ccnc(NC2CCC(O)CC2)n1. The molecule has 3 N–H and O–H groups in total. The van der Waals surface area contributed by atoms with Crippen LogP contribution in [0.2, 0.25) is 0 Å². The molecule has 2 rings (SSSR count). The van der Waals surface area contributed by atoms with E-state index in [0.717, 1.165) is 38.0 Å². The van der Waals surface area contributed by atoms with Crippen LogP contribution in [-0.2, 0) is 0 Å². The van der Waals surface area contributed by atoms with Gasteiger partial charge in [0, 0.05) is 18.8 Å². The van der Waals surface area contributed by atoms with Crippen molar-refractivity contribution in [1.82, 2.24) is 9.97 Å². The summed E-state index contributed by atoms with van der Waals surface area (Å²) in [5, 5.41) is 16.1. The second-order valence-electron chi connectivity index (χ2n) is 5.69. The Labute approximate surface area is 114 Å². The Bertz CT molecular complexity index is 389. The lowest BCUT2D eigenvalue weighted by atomic mass is 9.93. The van der Waals surface area contributed by atoms with Gasteiger partial charge in [-0.2, -0.15) is 4.98 Å². The lowest BCUT2D eigenvalue weighted by Crippen LogP contribution is -2.29. The van der Waals surface area contributed by atoms with Crippen LogP contribution in [0.25, 0.3) is 0 Å². The molecule has 19 heavy (non-hydrogen) atoms.